The van der Waals surface area contributed by atoms with Gasteiger partial charge < -0.3 is 16.0 Å². The molecule has 3 N–H and O–H groups in total. The molecule has 0 radical (unpaired) electrons. The van der Waals surface area contributed by atoms with E-state index in [0.29, 0.717) is 12.2 Å². The van der Waals surface area contributed by atoms with Crippen molar-refractivity contribution >= 4 is 17.5 Å². The molecule has 2 amide bonds. The quantitative estimate of drug-likeness (QED) is 0.825. The number of nitrogens with one attached hydrogen (secondary N) is 1. The summed E-state index contributed by atoms with van der Waals surface area (Å²) < 4.78 is 1.59. The van der Waals surface area contributed by atoms with E-state index in [0.717, 1.165) is 25.9 Å². The van der Waals surface area contributed by atoms with E-state index in [-0.39, 0.29) is 18.1 Å². The van der Waals surface area contributed by atoms with Crippen molar-refractivity contribution in [3.05, 3.63) is 11.9 Å². The van der Waals surface area contributed by atoms with Crippen molar-refractivity contribution in [3.8, 4) is 0 Å². The number of nitrogens with zero attached hydrogens (tertiary/aromatic N) is 3. The van der Waals surface area contributed by atoms with Crippen LogP contribution in [0.1, 0.15) is 36.7 Å². The zero-order valence-electron chi connectivity index (χ0n) is 11.8. The van der Waals surface area contributed by atoms with Crippen LogP contribution in [0.3, 0.4) is 0 Å². The SMILES string of the molecule is CCn1cc(N)c(C(=O)NCC(=O)N2CCCCC2)n1. The van der Waals surface area contributed by atoms with E-state index in [4.69, 9.17) is 5.73 Å². The van der Waals surface area contributed by atoms with E-state index >= 15 is 0 Å². The summed E-state index contributed by atoms with van der Waals surface area (Å²) in [7, 11) is 0. The summed E-state index contributed by atoms with van der Waals surface area (Å²) in [5.41, 5.74) is 6.23. The smallest absolute Gasteiger partial charge is 0.274 e. The van der Waals surface area contributed by atoms with Gasteiger partial charge in [0, 0.05) is 25.8 Å². The third-order valence-electron chi connectivity index (χ3n) is 3.44. The van der Waals surface area contributed by atoms with E-state index in [1.54, 1.807) is 15.8 Å². The standard InChI is InChI=1S/C13H21N5O2/c1-2-18-9-10(14)12(16-18)13(20)15-8-11(19)17-6-4-3-5-7-17/h9H,2-8,14H2,1H3,(H,15,20). The van der Waals surface area contributed by atoms with Crippen molar-refractivity contribution in [2.75, 3.05) is 25.4 Å². The van der Waals surface area contributed by atoms with Crippen LogP contribution < -0.4 is 11.1 Å². The molecule has 7 nitrogen and oxygen atoms in total. The Hall–Kier alpha value is -2.05. The maximum absolute atomic E-state index is 11.9. The van der Waals surface area contributed by atoms with Gasteiger partial charge in [-0.3, -0.25) is 14.3 Å². The van der Waals surface area contributed by atoms with E-state index in [1.807, 2.05) is 6.92 Å². The van der Waals surface area contributed by atoms with Gasteiger partial charge in [0.1, 0.15) is 0 Å². The van der Waals surface area contributed by atoms with Crippen LogP contribution in [0.15, 0.2) is 6.20 Å². The van der Waals surface area contributed by atoms with Gasteiger partial charge in [-0.1, -0.05) is 0 Å². The van der Waals surface area contributed by atoms with Gasteiger partial charge >= 0.3 is 0 Å². The fraction of sp³-hybridized carbons (Fsp3) is 0.615. The van der Waals surface area contributed by atoms with E-state index in [2.05, 4.69) is 10.4 Å². The molecule has 2 rings (SSSR count). The molecule has 0 bridgehead atoms. The molecule has 0 aromatic carbocycles. The predicted molar refractivity (Wildman–Crippen MR) is 75.1 cm³/mol. The first-order valence-electron chi connectivity index (χ1n) is 7.00. The van der Waals surface area contributed by atoms with Crippen LogP contribution in [0.4, 0.5) is 5.69 Å². The minimum atomic E-state index is -0.403. The topological polar surface area (TPSA) is 93.2 Å². The molecule has 0 aliphatic carbocycles. The Bertz CT molecular complexity index is 491. The summed E-state index contributed by atoms with van der Waals surface area (Å²) >= 11 is 0. The van der Waals surface area contributed by atoms with Gasteiger partial charge in [-0.2, -0.15) is 5.10 Å². The molecule has 0 unspecified atom stereocenters. The number of hydrogen-bond acceptors (Lipinski definition) is 4. The second kappa shape index (κ2) is 6.40. The van der Waals surface area contributed by atoms with Crippen LogP contribution >= 0.6 is 0 Å². The van der Waals surface area contributed by atoms with E-state index in [1.165, 1.54) is 6.42 Å². The highest BCUT2D eigenvalue weighted by molar-refractivity contribution is 5.98. The minimum absolute atomic E-state index is 0.00272. The van der Waals surface area contributed by atoms with Crippen LogP contribution in [0.5, 0.6) is 0 Å². The lowest BCUT2D eigenvalue weighted by Gasteiger charge is -2.26. The van der Waals surface area contributed by atoms with Crippen molar-refractivity contribution in [3.63, 3.8) is 0 Å². The number of likely N-dealkylation sites (tertiary alicyclic amines) is 1. The number of rotatable bonds is 4. The number of carbonyl (C=O) groups is 2. The number of nitrogen functional groups attached to an aromatic ring is 1. The lowest BCUT2D eigenvalue weighted by molar-refractivity contribution is -0.130. The second-order valence-electron chi connectivity index (χ2n) is 4.91. The number of nitrogens with two attached hydrogens (primary N) is 1. The molecule has 1 aliphatic heterocycles. The molecular weight excluding hydrogens is 258 g/mol. The van der Waals surface area contributed by atoms with Crippen LogP contribution in [-0.2, 0) is 11.3 Å². The maximum Gasteiger partial charge on any atom is 0.274 e. The van der Waals surface area contributed by atoms with Crippen molar-refractivity contribution in [1.82, 2.24) is 20.0 Å². The van der Waals surface area contributed by atoms with Crippen molar-refractivity contribution < 1.29 is 9.59 Å². The summed E-state index contributed by atoms with van der Waals surface area (Å²) in [6.45, 7) is 4.11. The minimum Gasteiger partial charge on any atom is -0.396 e. The van der Waals surface area contributed by atoms with Crippen molar-refractivity contribution in [2.45, 2.75) is 32.7 Å². The molecule has 1 aliphatic rings. The lowest BCUT2D eigenvalue weighted by Crippen LogP contribution is -2.42. The molecule has 1 fully saturated rings. The zero-order chi connectivity index (χ0) is 14.5. The number of carbonyl (C=O) groups excluding carboxylic acids is 2. The average Bonchev–Trinajstić information content (AvgIpc) is 2.86. The van der Waals surface area contributed by atoms with Crippen LogP contribution in [0.2, 0.25) is 0 Å². The molecule has 20 heavy (non-hydrogen) atoms. The Balaban J connectivity index is 1.87. The van der Waals surface area contributed by atoms with Gasteiger partial charge in [-0.05, 0) is 26.2 Å². The summed E-state index contributed by atoms with van der Waals surface area (Å²) in [6, 6.07) is 0. The summed E-state index contributed by atoms with van der Waals surface area (Å²) in [4.78, 5) is 25.7. The monoisotopic (exact) mass is 279 g/mol. The fourth-order valence-electron chi connectivity index (χ4n) is 2.27. The first-order valence-corrected chi connectivity index (χ1v) is 7.00. The molecule has 0 saturated carbocycles. The molecule has 7 heteroatoms. The molecule has 2 heterocycles. The van der Waals surface area contributed by atoms with Gasteiger partial charge in [-0.25, -0.2) is 0 Å². The molecule has 1 aromatic heterocycles. The van der Waals surface area contributed by atoms with Crippen LogP contribution in [-0.4, -0.2) is 46.1 Å². The van der Waals surface area contributed by atoms with Gasteiger partial charge in [0.05, 0.1) is 12.2 Å². The Morgan fingerprint density at radius 1 is 1.35 bits per heavy atom. The number of anilines is 1. The Labute approximate surface area is 118 Å². The lowest BCUT2D eigenvalue weighted by atomic mass is 10.1. The largest absolute Gasteiger partial charge is 0.396 e. The highest BCUT2D eigenvalue weighted by Crippen LogP contribution is 2.10. The summed E-state index contributed by atoms with van der Waals surface area (Å²) in [5.74, 6) is -0.452. The molecular formula is C13H21N5O2. The zero-order valence-corrected chi connectivity index (χ0v) is 11.8. The third kappa shape index (κ3) is 3.28. The molecule has 0 spiro atoms. The molecule has 0 atom stereocenters. The number of aromatic nitrogens is 2. The second-order valence-corrected chi connectivity index (χ2v) is 4.91. The normalized spacial score (nSPS) is 15.2. The number of hydrogen-bond donors (Lipinski definition) is 2. The van der Waals surface area contributed by atoms with Crippen LogP contribution in [0.25, 0.3) is 0 Å². The average molecular weight is 279 g/mol. The maximum atomic E-state index is 11.9. The van der Waals surface area contributed by atoms with Gasteiger partial charge in [0.2, 0.25) is 5.91 Å². The first-order chi connectivity index (χ1) is 9.61. The Morgan fingerprint density at radius 3 is 2.65 bits per heavy atom. The van der Waals surface area contributed by atoms with E-state index < -0.39 is 5.91 Å². The Kier molecular flexibility index (Phi) is 4.60. The Morgan fingerprint density at radius 2 is 2.05 bits per heavy atom. The summed E-state index contributed by atoms with van der Waals surface area (Å²) in [6.07, 6.45) is 4.85. The van der Waals surface area contributed by atoms with Crippen molar-refractivity contribution in [1.29, 1.82) is 0 Å². The number of aryl methyl sites for hydroxylation is 1. The van der Waals surface area contributed by atoms with Gasteiger partial charge in [0.25, 0.3) is 5.91 Å². The summed E-state index contributed by atoms with van der Waals surface area (Å²) in [5, 5.41) is 6.66. The predicted octanol–water partition coefficient (Wildman–Crippen LogP) is 0.228. The highest BCUT2D eigenvalue weighted by Gasteiger charge is 2.19. The number of amides is 2. The highest BCUT2D eigenvalue weighted by atomic mass is 16.2. The van der Waals surface area contributed by atoms with E-state index in [9.17, 15) is 9.59 Å². The molecule has 1 aromatic rings. The fourth-order valence-corrected chi connectivity index (χ4v) is 2.27. The molecule has 1 saturated heterocycles. The third-order valence-corrected chi connectivity index (χ3v) is 3.44. The van der Waals surface area contributed by atoms with Crippen LogP contribution in [0, 0.1) is 0 Å². The van der Waals surface area contributed by atoms with Gasteiger partial charge in [-0.15, -0.1) is 0 Å². The first kappa shape index (κ1) is 14.4. The number of piperidine rings is 1. The molecule has 110 valence electrons. The van der Waals surface area contributed by atoms with Gasteiger partial charge in [0.15, 0.2) is 5.69 Å². The van der Waals surface area contributed by atoms with Crippen molar-refractivity contribution in [2.24, 2.45) is 0 Å².